The van der Waals surface area contributed by atoms with Gasteiger partial charge >= 0.3 is 5.97 Å². The number of carbonyl (C=O) groups excluding carboxylic acids is 1. The highest BCUT2D eigenvalue weighted by atomic mass is 35.5. The molecule has 0 aromatic carbocycles. The van der Waals surface area contributed by atoms with Crippen LogP contribution in [0.3, 0.4) is 0 Å². The van der Waals surface area contributed by atoms with Gasteiger partial charge in [-0.1, -0.05) is 18.5 Å². The van der Waals surface area contributed by atoms with Gasteiger partial charge in [0.25, 0.3) is 5.91 Å². The normalized spacial score (nSPS) is 23.2. The first-order valence-electron chi connectivity index (χ1n) is 6.15. The van der Waals surface area contributed by atoms with E-state index in [1.54, 1.807) is 12.1 Å². The first-order valence-corrected chi connectivity index (χ1v) is 6.52. The Bertz CT molecular complexity index is 506. The van der Waals surface area contributed by atoms with E-state index in [4.69, 9.17) is 11.6 Å². The molecule has 1 fully saturated rings. The maximum absolute atomic E-state index is 12.4. The van der Waals surface area contributed by atoms with Crippen molar-refractivity contribution in [1.82, 2.24) is 9.88 Å². The number of aromatic nitrogens is 1. The monoisotopic (exact) mass is 282 g/mol. The Morgan fingerprint density at radius 2 is 2.26 bits per heavy atom. The van der Waals surface area contributed by atoms with Crippen molar-refractivity contribution >= 4 is 23.5 Å². The van der Waals surface area contributed by atoms with Crippen LogP contribution >= 0.6 is 11.6 Å². The number of piperidine rings is 1. The summed E-state index contributed by atoms with van der Waals surface area (Å²) in [5.41, 5.74) is 0.255. The number of rotatable bonds is 2. The summed E-state index contributed by atoms with van der Waals surface area (Å²) in [4.78, 5) is 28.9. The maximum atomic E-state index is 12.4. The zero-order chi connectivity index (χ0) is 14.0. The first kappa shape index (κ1) is 13.8. The minimum atomic E-state index is -0.972. The average Bonchev–Trinajstić information content (AvgIpc) is 2.38. The minimum absolute atomic E-state index is 0.107. The molecule has 5 nitrogen and oxygen atoms in total. The smallest absolute Gasteiger partial charge is 0.326 e. The van der Waals surface area contributed by atoms with E-state index < -0.39 is 12.0 Å². The van der Waals surface area contributed by atoms with E-state index in [9.17, 15) is 14.7 Å². The van der Waals surface area contributed by atoms with E-state index in [0.717, 1.165) is 6.42 Å². The number of hydrogen-bond donors (Lipinski definition) is 1. The molecular formula is C13H15ClN2O3. The van der Waals surface area contributed by atoms with Crippen molar-refractivity contribution in [1.29, 1.82) is 0 Å². The summed E-state index contributed by atoms with van der Waals surface area (Å²) in [5, 5.41) is 9.36. The van der Waals surface area contributed by atoms with Crippen molar-refractivity contribution in [3.8, 4) is 0 Å². The molecule has 6 heteroatoms. The van der Waals surface area contributed by atoms with Crippen LogP contribution in [0.25, 0.3) is 0 Å². The van der Waals surface area contributed by atoms with Gasteiger partial charge < -0.3 is 10.0 Å². The predicted molar refractivity (Wildman–Crippen MR) is 70.1 cm³/mol. The maximum Gasteiger partial charge on any atom is 0.326 e. The number of nitrogens with zero attached hydrogens (tertiary/aromatic N) is 2. The fourth-order valence-electron chi connectivity index (χ4n) is 2.32. The van der Waals surface area contributed by atoms with Gasteiger partial charge in [-0.15, -0.1) is 0 Å². The molecule has 0 radical (unpaired) electrons. The molecule has 2 heterocycles. The molecule has 2 rings (SSSR count). The van der Waals surface area contributed by atoms with Crippen molar-refractivity contribution < 1.29 is 14.7 Å². The standard InChI is InChI=1S/C13H15ClN2O3/c1-8-4-6-16(10(7-8)13(18)19)12(17)9-3-2-5-15-11(9)14/h2-3,5,8,10H,4,6-7H2,1H3,(H,18,19). The summed E-state index contributed by atoms with van der Waals surface area (Å²) in [5.74, 6) is -1.04. The molecule has 0 saturated carbocycles. The highest BCUT2D eigenvalue weighted by Gasteiger charge is 2.35. The van der Waals surface area contributed by atoms with Crippen molar-refractivity contribution in [2.45, 2.75) is 25.8 Å². The molecule has 0 spiro atoms. The van der Waals surface area contributed by atoms with Crippen LogP contribution in [0.4, 0.5) is 0 Å². The average molecular weight is 283 g/mol. The lowest BCUT2D eigenvalue weighted by molar-refractivity contribution is -0.144. The molecule has 0 aliphatic carbocycles. The Balaban J connectivity index is 2.27. The van der Waals surface area contributed by atoms with E-state index in [2.05, 4.69) is 4.98 Å². The molecule has 1 saturated heterocycles. The number of pyridine rings is 1. The van der Waals surface area contributed by atoms with E-state index in [0.29, 0.717) is 18.9 Å². The summed E-state index contributed by atoms with van der Waals surface area (Å²) in [7, 11) is 0. The highest BCUT2D eigenvalue weighted by Crippen LogP contribution is 2.25. The molecule has 19 heavy (non-hydrogen) atoms. The molecule has 1 amide bonds. The second-order valence-corrected chi connectivity index (χ2v) is 5.18. The SMILES string of the molecule is CC1CCN(C(=O)c2cccnc2Cl)C(C(=O)O)C1. The van der Waals surface area contributed by atoms with Gasteiger partial charge in [0.1, 0.15) is 11.2 Å². The fourth-order valence-corrected chi connectivity index (χ4v) is 2.52. The molecule has 1 aromatic rings. The summed E-state index contributed by atoms with van der Waals surface area (Å²) < 4.78 is 0. The predicted octanol–water partition coefficient (Wildman–Crippen LogP) is 2.06. The van der Waals surface area contributed by atoms with Gasteiger partial charge in [0.2, 0.25) is 0 Å². The summed E-state index contributed by atoms with van der Waals surface area (Å²) >= 11 is 5.89. The van der Waals surface area contributed by atoms with E-state index in [-0.39, 0.29) is 16.6 Å². The van der Waals surface area contributed by atoms with Gasteiger partial charge in [0.05, 0.1) is 5.56 Å². The largest absolute Gasteiger partial charge is 0.480 e. The van der Waals surface area contributed by atoms with Crippen LogP contribution in [0.15, 0.2) is 18.3 Å². The summed E-state index contributed by atoms with van der Waals surface area (Å²) in [6, 6.07) is 2.39. The zero-order valence-electron chi connectivity index (χ0n) is 10.5. The molecular weight excluding hydrogens is 268 g/mol. The van der Waals surface area contributed by atoms with E-state index >= 15 is 0 Å². The molecule has 102 valence electrons. The van der Waals surface area contributed by atoms with Crippen molar-refractivity contribution in [2.24, 2.45) is 5.92 Å². The van der Waals surface area contributed by atoms with Crippen LogP contribution in [0.5, 0.6) is 0 Å². The quantitative estimate of drug-likeness (QED) is 0.843. The Labute approximate surface area is 116 Å². The van der Waals surface area contributed by atoms with Crippen molar-refractivity contribution in [3.63, 3.8) is 0 Å². The van der Waals surface area contributed by atoms with Crippen molar-refractivity contribution in [3.05, 3.63) is 29.0 Å². The fraction of sp³-hybridized carbons (Fsp3) is 0.462. The van der Waals surface area contributed by atoms with Crippen LogP contribution in [-0.2, 0) is 4.79 Å². The Hall–Kier alpha value is -1.62. The molecule has 2 atom stereocenters. The first-order chi connectivity index (χ1) is 9.00. The number of carbonyl (C=O) groups is 2. The van der Waals surface area contributed by atoms with Gasteiger partial charge in [0.15, 0.2) is 0 Å². The number of halogens is 1. The molecule has 2 unspecified atom stereocenters. The lowest BCUT2D eigenvalue weighted by Gasteiger charge is -2.36. The molecule has 1 aliphatic heterocycles. The Morgan fingerprint density at radius 1 is 1.53 bits per heavy atom. The van der Waals surface area contributed by atoms with Gasteiger partial charge in [-0.25, -0.2) is 9.78 Å². The van der Waals surface area contributed by atoms with Crippen LogP contribution in [0.1, 0.15) is 30.1 Å². The van der Waals surface area contributed by atoms with Gasteiger partial charge in [0, 0.05) is 12.7 Å². The summed E-state index contributed by atoms with van der Waals surface area (Å²) in [6.45, 7) is 2.43. The molecule has 1 aliphatic rings. The van der Waals surface area contributed by atoms with E-state index in [1.165, 1.54) is 11.1 Å². The van der Waals surface area contributed by atoms with Crippen LogP contribution in [0.2, 0.25) is 5.15 Å². The second kappa shape index (κ2) is 5.57. The summed E-state index contributed by atoms with van der Waals surface area (Å²) in [6.07, 6.45) is 2.76. The van der Waals surface area contributed by atoms with E-state index in [1.807, 2.05) is 6.92 Å². The third-order valence-electron chi connectivity index (χ3n) is 3.40. The lowest BCUT2D eigenvalue weighted by Crippen LogP contribution is -2.49. The second-order valence-electron chi connectivity index (χ2n) is 4.82. The number of carboxylic acid groups (broad SMARTS) is 1. The van der Waals surface area contributed by atoms with Gasteiger partial charge in [-0.05, 0) is 30.9 Å². The Morgan fingerprint density at radius 3 is 2.89 bits per heavy atom. The van der Waals surface area contributed by atoms with Crippen molar-refractivity contribution in [2.75, 3.05) is 6.54 Å². The number of amides is 1. The Kier molecular flexibility index (Phi) is 4.04. The third-order valence-corrected chi connectivity index (χ3v) is 3.70. The molecule has 0 bridgehead atoms. The highest BCUT2D eigenvalue weighted by molar-refractivity contribution is 6.32. The van der Waals surface area contributed by atoms with Crippen LogP contribution in [0, 0.1) is 5.92 Å². The number of aliphatic carboxylic acids is 1. The van der Waals surface area contributed by atoms with Crippen LogP contribution in [-0.4, -0.2) is 39.5 Å². The number of hydrogen-bond acceptors (Lipinski definition) is 3. The minimum Gasteiger partial charge on any atom is -0.480 e. The topological polar surface area (TPSA) is 70.5 Å². The van der Waals surface area contributed by atoms with Gasteiger partial charge in [-0.3, -0.25) is 4.79 Å². The third kappa shape index (κ3) is 2.87. The lowest BCUT2D eigenvalue weighted by atomic mass is 9.92. The number of carboxylic acids is 1. The molecule has 1 aromatic heterocycles. The van der Waals surface area contributed by atoms with Gasteiger partial charge in [-0.2, -0.15) is 0 Å². The zero-order valence-corrected chi connectivity index (χ0v) is 11.3. The number of likely N-dealkylation sites (tertiary alicyclic amines) is 1. The van der Waals surface area contributed by atoms with Crippen LogP contribution < -0.4 is 0 Å². The molecule has 1 N–H and O–H groups in total.